The lowest BCUT2D eigenvalue weighted by molar-refractivity contribution is 0.371. The second-order valence-corrected chi connectivity index (χ2v) is 7.07. The van der Waals surface area contributed by atoms with Crippen molar-refractivity contribution in [2.24, 2.45) is 4.99 Å². The van der Waals surface area contributed by atoms with Gasteiger partial charge in [0.05, 0.1) is 12.2 Å². The highest BCUT2D eigenvalue weighted by molar-refractivity contribution is 14.0. The predicted octanol–water partition coefficient (Wildman–Crippen LogP) is 4.79. The van der Waals surface area contributed by atoms with E-state index in [1.165, 1.54) is 36.8 Å². The minimum Gasteiger partial charge on any atom is -0.357 e. The zero-order valence-corrected chi connectivity index (χ0v) is 18.6. The molecule has 0 saturated heterocycles. The van der Waals surface area contributed by atoms with Crippen LogP contribution >= 0.6 is 24.0 Å². The number of guanidine groups is 1. The minimum absolute atomic E-state index is 0. The summed E-state index contributed by atoms with van der Waals surface area (Å²) in [4.78, 5) is 9.19. The van der Waals surface area contributed by atoms with Gasteiger partial charge in [-0.25, -0.2) is 4.99 Å². The summed E-state index contributed by atoms with van der Waals surface area (Å²) in [7, 11) is 0. The van der Waals surface area contributed by atoms with Crippen LogP contribution in [0.2, 0.25) is 0 Å². The quantitative estimate of drug-likeness (QED) is 0.369. The van der Waals surface area contributed by atoms with E-state index in [2.05, 4.69) is 65.9 Å². The molecule has 4 nitrogen and oxygen atoms in total. The Morgan fingerprint density at radius 1 is 1.07 bits per heavy atom. The molecule has 0 spiro atoms. The molecule has 5 heteroatoms. The normalized spacial score (nSPS) is 19.9. The van der Waals surface area contributed by atoms with E-state index in [-0.39, 0.29) is 24.0 Å². The van der Waals surface area contributed by atoms with Gasteiger partial charge in [0.2, 0.25) is 0 Å². The standard InChI is InChI=1S/C22H30N4.HI/c1-3-23-22(25-16-21-17(2)8-7-15-24-21)26-20-13-11-19(12-14-20)18-9-5-4-6-10-18;/h4-10,15,19-20H,3,11-14,16H2,1-2H3,(H2,23,25,26);1H. The van der Waals surface area contributed by atoms with Crippen LogP contribution in [0, 0.1) is 6.92 Å². The van der Waals surface area contributed by atoms with Crippen LogP contribution in [0.5, 0.6) is 0 Å². The maximum Gasteiger partial charge on any atom is 0.191 e. The molecule has 27 heavy (non-hydrogen) atoms. The summed E-state index contributed by atoms with van der Waals surface area (Å²) in [6.07, 6.45) is 6.68. The molecule has 1 aromatic carbocycles. The van der Waals surface area contributed by atoms with Gasteiger partial charge >= 0.3 is 0 Å². The highest BCUT2D eigenvalue weighted by Gasteiger charge is 2.22. The van der Waals surface area contributed by atoms with Crippen molar-refractivity contribution < 1.29 is 0 Å². The maximum atomic E-state index is 4.75. The molecular formula is C22H31IN4. The molecule has 0 amide bonds. The van der Waals surface area contributed by atoms with Crippen molar-refractivity contribution in [2.75, 3.05) is 6.54 Å². The molecule has 2 N–H and O–H groups in total. The molecule has 1 aromatic heterocycles. The molecule has 1 heterocycles. The van der Waals surface area contributed by atoms with Gasteiger partial charge in [-0.05, 0) is 62.6 Å². The summed E-state index contributed by atoms with van der Waals surface area (Å²) in [6.45, 7) is 5.67. The van der Waals surface area contributed by atoms with Gasteiger partial charge in [0, 0.05) is 18.8 Å². The smallest absolute Gasteiger partial charge is 0.191 e. The summed E-state index contributed by atoms with van der Waals surface area (Å²) in [5.74, 6) is 1.60. The van der Waals surface area contributed by atoms with Crippen LogP contribution in [0.1, 0.15) is 55.3 Å². The average molecular weight is 478 g/mol. The van der Waals surface area contributed by atoms with Crippen molar-refractivity contribution in [3.63, 3.8) is 0 Å². The Bertz CT molecular complexity index is 709. The maximum absolute atomic E-state index is 4.75. The Labute approximate surface area is 180 Å². The summed E-state index contributed by atoms with van der Waals surface area (Å²) >= 11 is 0. The summed E-state index contributed by atoms with van der Waals surface area (Å²) in [5, 5.41) is 7.00. The zero-order chi connectivity index (χ0) is 18.2. The molecule has 0 radical (unpaired) electrons. The molecule has 0 atom stereocenters. The Hall–Kier alpha value is -1.63. The third-order valence-electron chi connectivity index (χ3n) is 5.19. The average Bonchev–Trinajstić information content (AvgIpc) is 2.69. The van der Waals surface area contributed by atoms with E-state index in [0.29, 0.717) is 18.5 Å². The zero-order valence-electron chi connectivity index (χ0n) is 16.3. The van der Waals surface area contributed by atoms with Crippen molar-refractivity contribution in [1.82, 2.24) is 15.6 Å². The second kappa shape index (κ2) is 11.3. The van der Waals surface area contributed by atoms with Crippen molar-refractivity contribution >= 4 is 29.9 Å². The first-order valence-electron chi connectivity index (χ1n) is 9.76. The number of pyridine rings is 1. The fourth-order valence-corrected chi connectivity index (χ4v) is 3.65. The molecule has 0 unspecified atom stereocenters. The van der Waals surface area contributed by atoms with Crippen LogP contribution in [0.4, 0.5) is 0 Å². The van der Waals surface area contributed by atoms with Gasteiger partial charge in [0.25, 0.3) is 0 Å². The number of hydrogen-bond acceptors (Lipinski definition) is 2. The fourth-order valence-electron chi connectivity index (χ4n) is 3.65. The monoisotopic (exact) mass is 478 g/mol. The van der Waals surface area contributed by atoms with E-state index in [4.69, 9.17) is 4.99 Å². The fraction of sp³-hybridized carbons (Fsp3) is 0.455. The lowest BCUT2D eigenvalue weighted by Gasteiger charge is -2.30. The Morgan fingerprint density at radius 3 is 2.48 bits per heavy atom. The molecule has 1 fully saturated rings. The van der Waals surface area contributed by atoms with Gasteiger partial charge in [0.1, 0.15) is 0 Å². The molecule has 1 aliphatic carbocycles. The van der Waals surface area contributed by atoms with Crippen molar-refractivity contribution in [2.45, 2.75) is 58.0 Å². The van der Waals surface area contributed by atoms with Gasteiger partial charge in [-0.3, -0.25) is 4.98 Å². The third-order valence-corrected chi connectivity index (χ3v) is 5.19. The molecule has 1 saturated carbocycles. The number of benzene rings is 1. The topological polar surface area (TPSA) is 49.3 Å². The van der Waals surface area contributed by atoms with E-state index < -0.39 is 0 Å². The second-order valence-electron chi connectivity index (χ2n) is 7.07. The van der Waals surface area contributed by atoms with Crippen LogP contribution in [0.3, 0.4) is 0 Å². The highest BCUT2D eigenvalue weighted by atomic mass is 127. The van der Waals surface area contributed by atoms with Crippen LogP contribution in [-0.4, -0.2) is 23.5 Å². The lowest BCUT2D eigenvalue weighted by atomic mass is 9.82. The number of aliphatic imine (C=N–C) groups is 1. The summed E-state index contributed by atoms with van der Waals surface area (Å²) in [6, 6.07) is 15.5. The molecule has 0 aliphatic heterocycles. The van der Waals surface area contributed by atoms with Crippen LogP contribution in [0.15, 0.2) is 53.7 Å². The Kier molecular flexibility index (Phi) is 9.04. The number of hydrogen-bond donors (Lipinski definition) is 2. The lowest BCUT2D eigenvalue weighted by Crippen LogP contribution is -2.44. The van der Waals surface area contributed by atoms with Gasteiger partial charge in [-0.15, -0.1) is 24.0 Å². The molecule has 146 valence electrons. The Balaban J connectivity index is 0.00000261. The van der Waals surface area contributed by atoms with Gasteiger partial charge in [-0.2, -0.15) is 0 Å². The van der Waals surface area contributed by atoms with Crippen molar-refractivity contribution in [3.8, 4) is 0 Å². The third kappa shape index (κ3) is 6.48. The molecule has 3 rings (SSSR count). The van der Waals surface area contributed by atoms with Crippen LogP contribution in [0.25, 0.3) is 0 Å². The van der Waals surface area contributed by atoms with Gasteiger partial charge in [0.15, 0.2) is 5.96 Å². The molecule has 0 bridgehead atoms. The number of aromatic nitrogens is 1. The van der Waals surface area contributed by atoms with Crippen molar-refractivity contribution in [1.29, 1.82) is 0 Å². The number of nitrogens with zero attached hydrogens (tertiary/aromatic N) is 2. The number of aryl methyl sites for hydroxylation is 1. The van der Waals surface area contributed by atoms with E-state index in [1.807, 2.05) is 12.3 Å². The van der Waals surface area contributed by atoms with Gasteiger partial charge < -0.3 is 10.6 Å². The first-order valence-corrected chi connectivity index (χ1v) is 9.76. The van der Waals surface area contributed by atoms with Crippen molar-refractivity contribution in [3.05, 3.63) is 65.5 Å². The molecular weight excluding hydrogens is 447 g/mol. The first-order chi connectivity index (χ1) is 12.8. The highest BCUT2D eigenvalue weighted by Crippen LogP contribution is 2.32. The molecule has 1 aliphatic rings. The number of halogens is 1. The van der Waals surface area contributed by atoms with E-state index in [0.717, 1.165) is 18.2 Å². The number of rotatable bonds is 5. The first kappa shape index (κ1) is 21.7. The predicted molar refractivity (Wildman–Crippen MR) is 124 cm³/mol. The van der Waals surface area contributed by atoms with Crippen LogP contribution < -0.4 is 10.6 Å². The van der Waals surface area contributed by atoms with Crippen LogP contribution in [-0.2, 0) is 6.54 Å². The molecule has 2 aromatic rings. The SMILES string of the molecule is CCNC(=NCc1ncccc1C)NC1CCC(c2ccccc2)CC1.I. The van der Waals surface area contributed by atoms with E-state index in [9.17, 15) is 0 Å². The largest absolute Gasteiger partial charge is 0.357 e. The summed E-state index contributed by atoms with van der Waals surface area (Å²) < 4.78 is 0. The van der Waals surface area contributed by atoms with E-state index >= 15 is 0 Å². The number of nitrogens with one attached hydrogen (secondary N) is 2. The minimum atomic E-state index is 0. The summed E-state index contributed by atoms with van der Waals surface area (Å²) in [5.41, 5.74) is 3.71. The Morgan fingerprint density at radius 2 is 1.81 bits per heavy atom. The van der Waals surface area contributed by atoms with Gasteiger partial charge in [-0.1, -0.05) is 36.4 Å². The van der Waals surface area contributed by atoms with E-state index in [1.54, 1.807) is 0 Å².